The average molecular weight is 435 g/mol. The molecule has 1 aromatic heterocycles. The van der Waals surface area contributed by atoms with Gasteiger partial charge in [0.05, 0.1) is 0 Å². The standard InChI is InChI=1S/C22H26N4O.2ClH/c1-2-3-13-26-14-12-24-22(26)18-10-7-11-19(15-18)25-21(27)16-20(23)17-8-5-4-6-9-17;;/h4-12,14-15,20H,2-3,13,16,23H2,1H3,(H,25,27);2*1H. The molecule has 0 aliphatic heterocycles. The van der Waals surface area contributed by atoms with Crippen LogP contribution in [0.15, 0.2) is 67.0 Å². The van der Waals surface area contributed by atoms with E-state index in [1.54, 1.807) is 0 Å². The number of rotatable bonds is 8. The highest BCUT2D eigenvalue weighted by molar-refractivity contribution is 5.91. The van der Waals surface area contributed by atoms with Gasteiger partial charge in [0.15, 0.2) is 0 Å². The first-order valence-corrected chi connectivity index (χ1v) is 9.39. The molecule has 0 radical (unpaired) electrons. The molecule has 0 aliphatic carbocycles. The van der Waals surface area contributed by atoms with Crippen molar-refractivity contribution in [3.8, 4) is 11.4 Å². The predicted molar refractivity (Wildman–Crippen MR) is 124 cm³/mol. The molecule has 1 amide bonds. The molecular formula is C22H28Cl2N4O. The summed E-state index contributed by atoms with van der Waals surface area (Å²) < 4.78 is 2.15. The van der Waals surface area contributed by atoms with Gasteiger partial charge in [-0.25, -0.2) is 4.98 Å². The first-order valence-electron chi connectivity index (χ1n) is 9.39. The van der Waals surface area contributed by atoms with Crippen LogP contribution in [0.2, 0.25) is 0 Å². The summed E-state index contributed by atoms with van der Waals surface area (Å²) in [5, 5.41) is 2.95. The summed E-state index contributed by atoms with van der Waals surface area (Å²) in [6.45, 7) is 3.11. The molecule has 156 valence electrons. The first-order chi connectivity index (χ1) is 13.2. The van der Waals surface area contributed by atoms with Gasteiger partial charge in [0, 0.05) is 42.7 Å². The van der Waals surface area contributed by atoms with Crippen molar-refractivity contribution in [3.63, 3.8) is 0 Å². The van der Waals surface area contributed by atoms with Crippen molar-refractivity contribution < 1.29 is 4.79 Å². The number of nitrogens with two attached hydrogens (primary N) is 1. The molecule has 0 saturated carbocycles. The minimum absolute atomic E-state index is 0. The maximum atomic E-state index is 12.4. The van der Waals surface area contributed by atoms with Crippen molar-refractivity contribution >= 4 is 36.4 Å². The number of imidazole rings is 1. The minimum Gasteiger partial charge on any atom is -0.331 e. The fraction of sp³-hybridized carbons (Fsp3) is 0.273. The third-order valence-electron chi connectivity index (χ3n) is 4.51. The first kappa shape index (κ1) is 24.7. The lowest BCUT2D eigenvalue weighted by atomic mass is 10.0. The van der Waals surface area contributed by atoms with Gasteiger partial charge >= 0.3 is 0 Å². The number of hydrogen-bond donors (Lipinski definition) is 2. The van der Waals surface area contributed by atoms with Gasteiger partial charge < -0.3 is 15.6 Å². The van der Waals surface area contributed by atoms with Gasteiger partial charge in [-0.15, -0.1) is 24.8 Å². The van der Waals surface area contributed by atoms with Gasteiger partial charge in [0.1, 0.15) is 5.82 Å². The Kier molecular flexibility index (Phi) is 10.5. The third kappa shape index (κ3) is 6.89. The van der Waals surface area contributed by atoms with E-state index in [0.717, 1.165) is 42.0 Å². The number of nitrogens with zero attached hydrogens (tertiary/aromatic N) is 2. The zero-order valence-electron chi connectivity index (χ0n) is 16.5. The van der Waals surface area contributed by atoms with Crippen molar-refractivity contribution in [2.45, 2.75) is 38.8 Å². The van der Waals surface area contributed by atoms with Crippen LogP contribution in [-0.2, 0) is 11.3 Å². The molecule has 1 unspecified atom stereocenters. The van der Waals surface area contributed by atoms with Crippen molar-refractivity contribution in [3.05, 3.63) is 72.6 Å². The summed E-state index contributed by atoms with van der Waals surface area (Å²) in [6, 6.07) is 17.1. The fourth-order valence-corrected chi connectivity index (χ4v) is 3.04. The minimum atomic E-state index is -0.317. The Labute approximate surface area is 184 Å². The van der Waals surface area contributed by atoms with Crippen LogP contribution in [0.5, 0.6) is 0 Å². The number of carbonyl (C=O) groups is 1. The van der Waals surface area contributed by atoms with Crippen molar-refractivity contribution in [1.82, 2.24) is 9.55 Å². The van der Waals surface area contributed by atoms with E-state index in [1.165, 1.54) is 0 Å². The Morgan fingerprint density at radius 2 is 1.90 bits per heavy atom. The van der Waals surface area contributed by atoms with Crippen LogP contribution in [0.3, 0.4) is 0 Å². The van der Waals surface area contributed by atoms with Crippen LogP contribution in [-0.4, -0.2) is 15.5 Å². The monoisotopic (exact) mass is 434 g/mol. The van der Waals surface area contributed by atoms with Gasteiger partial charge in [0.25, 0.3) is 0 Å². The summed E-state index contributed by atoms with van der Waals surface area (Å²) in [7, 11) is 0. The van der Waals surface area contributed by atoms with Crippen LogP contribution >= 0.6 is 24.8 Å². The van der Waals surface area contributed by atoms with E-state index in [2.05, 4.69) is 21.8 Å². The highest BCUT2D eigenvalue weighted by atomic mass is 35.5. The predicted octanol–water partition coefficient (Wildman–Crippen LogP) is 5.22. The Hall–Kier alpha value is -2.34. The topological polar surface area (TPSA) is 72.9 Å². The summed E-state index contributed by atoms with van der Waals surface area (Å²) >= 11 is 0. The summed E-state index contributed by atoms with van der Waals surface area (Å²) in [4.78, 5) is 16.9. The summed E-state index contributed by atoms with van der Waals surface area (Å²) in [6.07, 6.45) is 6.29. The molecule has 0 bridgehead atoms. The lowest BCUT2D eigenvalue weighted by Gasteiger charge is -2.13. The molecule has 5 nitrogen and oxygen atoms in total. The average Bonchev–Trinajstić information content (AvgIpc) is 3.15. The van der Waals surface area contributed by atoms with E-state index in [4.69, 9.17) is 5.73 Å². The number of halogens is 2. The van der Waals surface area contributed by atoms with Gasteiger partial charge in [-0.3, -0.25) is 4.79 Å². The quantitative estimate of drug-likeness (QED) is 0.509. The van der Waals surface area contributed by atoms with Crippen LogP contribution in [0.4, 0.5) is 5.69 Å². The molecule has 1 atom stereocenters. The highest BCUT2D eigenvalue weighted by Crippen LogP contribution is 2.22. The molecule has 0 spiro atoms. The van der Waals surface area contributed by atoms with E-state index in [9.17, 15) is 4.79 Å². The zero-order chi connectivity index (χ0) is 19.1. The highest BCUT2D eigenvalue weighted by Gasteiger charge is 2.12. The number of aryl methyl sites for hydroxylation is 1. The Morgan fingerprint density at radius 1 is 1.14 bits per heavy atom. The molecule has 0 fully saturated rings. The van der Waals surface area contributed by atoms with Crippen LogP contribution in [0.1, 0.15) is 37.8 Å². The van der Waals surface area contributed by atoms with Gasteiger partial charge in [-0.1, -0.05) is 55.8 Å². The van der Waals surface area contributed by atoms with Gasteiger partial charge in [-0.2, -0.15) is 0 Å². The molecule has 29 heavy (non-hydrogen) atoms. The maximum Gasteiger partial charge on any atom is 0.226 e. The van der Waals surface area contributed by atoms with Gasteiger partial charge in [-0.05, 0) is 24.1 Å². The van der Waals surface area contributed by atoms with Crippen LogP contribution in [0.25, 0.3) is 11.4 Å². The Bertz CT molecular complexity index is 883. The van der Waals surface area contributed by atoms with Crippen molar-refractivity contribution in [2.24, 2.45) is 5.73 Å². The number of aromatic nitrogens is 2. The second-order valence-electron chi connectivity index (χ2n) is 6.65. The van der Waals surface area contributed by atoms with Crippen LogP contribution < -0.4 is 11.1 Å². The van der Waals surface area contributed by atoms with E-state index >= 15 is 0 Å². The van der Waals surface area contributed by atoms with E-state index < -0.39 is 0 Å². The number of amides is 1. The fourth-order valence-electron chi connectivity index (χ4n) is 3.04. The van der Waals surface area contributed by atoms with E-state index in [1.807, 2.05) is 67.0 Å². The Morgan fingerprint density at radius 3 is 2.62 bits per heavy atom. The molecule has 1 heterocycles. The SMILES string of the molecule is CCCCn1ccnc1-c1cccc(NC(=O)CC(N)c2ccccc2)c1.Cl.Cl. The summed E-state index contributed by atoms with van der Waals surface area (Å²) in [5.74, 6) is 0.818. The van der Waals surface area contributed by atoms with E-state index in [0.29, 0.717) is 0 Å². The molecule has 0 aliphatic rings. The third-order valence-corrected chi connectivity index (χ3v) is 4.51. The second kappa shape index (κ2) is 12.3. The lowest BCUT2D eigenvalue weighted by Crippen LogP contribution is -2.20. The number of carbonyl (C=O) groups excluding carboxylic acids is 1. The molecule has 3 N–H and O–H groups in total. The lowest BCUT2D eigenvalue weighted by molar-refractivity contribution is -0.116. The molecule has 7 heteroatoms. The molecule has 3 aromatic rings. The van der Waals surface area contributed by atoms with Crippen LogP contribution in [0, 0.1) is 0 Å². The number of nitrogens with one attached hydrogen (secondary N) is 1. The number of anilines is 1. The molecule has 0 saturated heterocycles. The number of benzene rings is 2. The molecular weight excluding hydrogens is 407 g/mol. The maximum absolute atomic E-state index is 12.4. The Balaban J connectivity index is 0.00000210. The summed E-state index contributed by atoms with van der Waals surface area (Å²) in [5.41, 5.74) is 8.85. The molecule has 3 rings (SSSR count). The van der Waals surface area contributed by atoms with Gasteiger partial charge in [0.2, 0.25) is 5.91 Å². The zero-order valence-corrected chi connectivity index (χ0v) is 18.1. The van der Waals surface area contributed by atoms with Crippen molar-refractivity contribution in [1.29, 1.82) is 0 Å². The largest absolute Gasteiger partial charge is 0.331 e. The normalized spacial score (nSPS) is 11.1. The van der Waals surface area contributed by atoms with Crippen molar-refractivity contribution in [2.75, 3.05) is 5.32 Å². The smallest absolute Gasteiger partial charge is 0.226 e. The number of hydrogen-bond acceptors (Lipinski definition) is 3. The number of unbranched alkanes of at least 4 members (excludes halogenated alkanes) is 1. The second-order valence-corrected chi connectivity index (χ2v) is 6.65. The molecule has 2 aromatic carbocycles. The van der Waals surface area contributed by atoms with E-state index in [-0.39, 0.29) is 43.2 Å².